The summed E-state index contributed by atoms with van der Waals surface area (Å²) in [5, 5.41) is 12.4. The van der Waals surface area contributed by atoms with Crippen LogP contribution in [0.3, 0.4) is 0 Å². The number of nitrogens with zero attached hydrogens (tertiary/aromatic N) is 2. The molecule has 3 nitrogen and oxygen atoms in total. The van der Waals surface area contributed by atoms with Crippen molar-refractivity contribution in [1.82, 2.24) is 4.57 Å². The van der Waals surface area contributed by atoms with E-state index in [1.165, 1.54) is 5.52 Å². The third kappa shape index (κ3) is 2.32. The Kier molecular flexibility index (Phi) is 4.59. The molecule has 5 heteroatoms. The van der Waals surface area contributed by atoms with Gasteiger partial charge in [-0.1, -0.05) is 35.6 Å². The summed E-state index contributed by atoms with van der Waals surface area (Å²) >= 11 is 1.66. The van der Waals surface area contributed by atoms with Crippen molar-refractivity contribution >= 4 is 44.7 Å². The zero-order valence-corrected chi connectivity index (χ0v) is 14.0. The molecule has 0 aliphatic rings. The van der Waals surface area contributed by atoms with Crippen LogP contribution in [0.5, 0.6) is 5.75 Å². The van der Waals surface area contributed by atoms with Crippen LogP contribution in [0.25, 0.3) is 21.0 Å². The molecule has 21 heavy (non-hydrogen) atoms. The normalized spacial score (nSPS) is 12.0. The van der Waals surface area contributed by atoms with Crippen LogP contribution in [0.2, 0.25) is 0 Å². The summed E-state index contributed by atoms with van der Waals surface area (Å²) in [6, 6.07) is 8.04. The van der Waals surface area contributed by atoms with Crippen LogP contribution >= 0.6 is 23.7 Å². The number of hydrogen-bond acceptors (Lipinski definition) is 3. The van der Waals surface area contributed by atoms with Gasteiger partial charge in [-0.3, -0.25) is 4.99 Å². The van der Waals surface area contributed by atoms with Crippen LogP contribution in [-0.2, 0) is 6.54 Å². The molecular formula is C16H19ClN2OS. The molecule has 0 spiro atoms. The average Bonchev–Trinajstić information content (AvgIpc) is 2.84. The molecule has 0 saturated heterocycles. The van der Waals surface area contributed by atoms with E-state index in [-0.39, 0.29) is 12.4 Å². The summed E-state index contributed by atoms with van der Waals surface area (Å²) in [6.45, 7) is 7.82. The number of rotatable bonds is 2. The second kappa shape index (κ2) is 6.08. The Morgan fingerprint density at radius 1 is 1.19 bits per heavy atom. The lowest BCUT2D eigenvalue weighted by Crippen LogP contribution is -2.13. The first-order chi connectivity index (χ1) is 9.69. The van der Waals surface area contributed by atoms with Crippen LogP contribution in [-0.4, -0.2) is 16.2 Å². The van der Waals surface area contributed by atoms with Crippen LogP contribution in [0, 0.1) is 6.92 Å². The first kappa shape index (κ1) is 15.9. The quantitative estimate of drug-likeness (QED) is 0.753. The van der Waals surface area contributed by atoms with E-state index in [1.807, 2.05) is 32.0 Å². The first-order valence-electron chi connectivity index (χ1n) is 6.93. The molecule has 0 saturated carbocycles. The Labute approximate surface area is 134 Å². The van der Waals surface area contributed by atoms with Gasteiger partial charge in [0, 0.05) is 29.4 Å². The summed E-state index contributed by atoms with van der Waals surface area (Å²) in [7, 11) is 0. The van der Waals surface area contributed by atoms with E-state index < -0.39 is 0 Å². The first-order valence-corrected chi connectivity index (χ1v) is 7.74. The van der Waals surface area contributed by atoms with Gasteiger partial charge in [-0.25, -0.2) is 0 Å². The van der Waals surface area contributed by atoms with Crippen molar-refractivity contribution in [3.05, 3.63) is 34.6 Å². The highest BCUT2D eigenvalue weighted by molar-refractivity contribution is 7.16. The number of aromatic nitrogens is 1. The predicted octanol–water partition coefficient (Wildman–Crippen LogP) is 4.23. The lowest BCUT2D eigenvalue weighted by atomic mass is 10.0. The number of phenolic OH excluding ortho intramolecular Hbond substituents is 1. The van der Waals surface area contributed by atoms with Gasteiger partial charge in [0.25, 0.3) is 0 Å². The topological polar surface area (TPSA) is 37.5 Å². The second-order valence-corrected chi connectivity index (χ2v) is 5.78. The van der Waals surface area contributed by atoms with Gasteiger partial charge >= 0.3 is 0 Å². The molecule has 0 radical (unpaired) electrons. The number of hydrogen-bond donors (Lipinski definition) is 1. The lowest BCUT2D eigenvalue weighted by molar-refractivity contribution is 0.478. The van der Waals surface area contributed by atoms with Crippen molar-refractivity contribution in [3.8, 4) is 5.75 Å². The summed E-state index contributed by atoms with van der Waals surface area (Å²) in [5.41, 5.74) is 2.14. The standard InChI is InChI=1S/C16H18N2OS.ClH/c1-4-17-16-18(5-2)13-11-8-6-7-9-12(11)14(19)10(3)15(13)20-16;/h6-9,19H,4-5H2,1-3H3;1H/b17-16+;. The molecule has 112 valence electrons. The van der Waals surface area contributed by atoms with Gasteiger partial charge in [0.15, 0.2) is 4.80 Å². The Bertz CT molecular complexity index is 864. The molecule has 0 aliphatic carbocycles. The van der Waals surface area contributed by atoms with Crippen molar-refractivity contribution in [2.75, 3.05) is 6.54 Å². The minimum atomic E-state index is 0. The average molecular weight is 323 g/mol. The summed E-state index contributed by atoms with van der Waals surface area (Å²) in [6.07, 6.45) is 0. The molecule has 0 unspecified atom stereocenters. The SMILES string of the molecule is CC/N=c1/sc2c(C)c(O)c3ccccc3c2n1CC.Cl. The smallest absolute Gasteiger partial charge is 0.185 e. The fourth-order valence-electron chi connectivity index (χ4n) is 2.69. The van der Waals surface area contributed by atoms with Gasteiger partial charge < -0.3 is 9.67 Å². The number of thiazole rings is 1. The number of fused-ring (bicyclic) bond motifs is 3. The summed E-state index contributed by atoms with van der Waals surface area (Å²) in [4.78, 5) is 5.62. The van der Waals surface area contributed by atoms with E-state index in [1.54, 1.807) is 11.3 Å². The van der Waals surface area contributed by atoms with E-state index >= 15 is 0 Å². The molecule has 3 rings (SSSR count). The maximum Gasteiger partial charge on any atom is 0.185 e. The molecular weight excluding hydrogens is 304 g/mol. The molecule has 1 heterocycles. The van der Waals surface area contributed by atoms with Gasteiger partial charge in [-0.05, 0) is 20.8 Å². The van der Waals surface area contributed by atoms with E-state index in [9.17, 15) is 5.11 Å². The van der Waals surface area contributed by atoms with Gasteiger partial charge in [-0.2, -0.15) is 0 Å². The van der Waals surface area contributed by atoms with Gasteiger partial charge in [-0.15, -0.1) is 12.4 Å². The molecule has 0 fully saturated rings. The molecule has 2 aromatic carbocycles. The molecule has 1 aromatic heterocycles. The Balaban J connectivity index is 0.00000161. The zero-order chi connectivity index (χ0) is 14.3. The fraction of sp³-hybridized carbons (Fsp3) is 0.312. The third-order valence-electron chi connectivity index (χ3n) is 3.65. The van der Waals surface area contributed by atoms with E-state index in [0.29, 0.717) is 5.75 Å². The second-order valence-electron chi connectivity index (χ2n) is 4.80. The van der Waals surface area contributed by atoms with Gasteiger partial charge in [0.1, 0.15) is 5.75 Å². The molecule has 3 aromatic rings. The fourth-order valence-corrected chi connectivity index (χ4v) is 3.96. The predicted molar refractivity (Wildman–Crippen MR) is 92.7 cm³/mol. The van der Waals surface area contributed by atoms with Crippen LogP contribution < -0.4 is 4.80 Å². The van der Waals surface area contributed by atoms with E-state index in [2.05, 4.69) is 22.5 Å². The summed E-state index contributed by atoms with van der Waals surface area (Å²) < 4.78 is 3.38. The highest BCUT2D eigenvalue weighted by Gasteiger charge is 2.15. The summed E-state index contributed by atoms with van der Waals surface area (Å²) in [5.74, 6) is 0.389. The highest BCUT2D eigenvalue weighted by Crippen LogP contribution is 2.37. The minimum Gasteiger partial charge on any atom is -0.507 e. The Morgan fingerprint density at radius 3 is 2.48 bits per heavy atom. The van der Waals surface area contributed by atoms with Gasteiger partial charge in [0.05, 0.1) is 10.2 Å². The van der Waals surface area contributed by atoms with Gasteiger partial charge in [0.2, 0.25) is 0 Å². The van der Waals surface area contributed by atoms with Crippen molar-refractivity contribution in [1.29, 1.82) is 0 Å². The Hall–Kier alpha value is -1.52. The molecule has 0 aliphatic heterocycles. The van der Waals surface area contributed by atoms with Crippen LogP contribution in [0.15, 0.2) is 29.3 Å². The molecule has 0 bridgehead atoms. The minimum absolute atomic E-state index is 0. The number of benzene rings is 2. The maximum atomic E-state index is 10.4. The van der Waals surface area contributed by atoms with Crippen molar-refractivity contribution in [2.45, 2.75) is 27.3 Å². The lowest BCUT2D eigenvalue weighted by Gasteiger charge is -2.09. The highest BCUT2D eigenvalue weighted by atomic mass is 35.5. The Morgan fingerprint density at radius 2 is 1.86 bits per heavy atom. The maximum absolute atomic E-state index is 10.4. The van der Waals surface area contributed by atoms with E-state index in [4.69, 9.17) is 0 Å². The van der Waals surface area contributed by atoms with E-state index in [0.717, 1.165) is 38.9 Å². The largest absolute Gasteiger partial charge is 0.507 e. The number of halogens is 1. The molecule has 0 amide bonds. The monoisotopic (exact) mass is 322 g/mol. The number of aryl methyl sites for hydroxylation is 2. The number of aromatic hydroxyl groups is 1. The third-order valence-corrected chi connectivity index (χ3v) is 4.89. The molecule has 0 atom stereocenters. The molecule has 1 N–H and O–H groups in total. The number of phenols is 1. The van der Waals surface area contributed by atoms with Crippen molar-refractivity contribution in [2.24, 2.45) is 4.99 Å². The van der Waals surface area contributed by atoms with Crippen LogP contribution in [0.4, 0.5) is 0 Å². The van der Waals surface area contributed by atoms with Crippen molar-refractivity contribution < 1.29 is 5.11 Å². The van der Waals surface area contributed by atoms with Crippen molar-refractivity contribution in [3.63, 3.8) is 0 Å². The zero-order valence-electron chi connectivity index (χ0n) is 12.4. The van der Waals surface area contributed by atoms with Crippen LogP contribution in [0.1, 0.15) is 19.4 Å².